The van der Waals surface area contributed by atoms with E-state index in [4.69, 9.17) is 4.74 Å². The van der Waals surface area contributed by atoms with Crippen molar-refractivity contribution in [2.24, 2.45) is 0 Å². The molecule has 0 bridgehead atoms. The van der Waals surface area contributed by atoms with Gasteiger partial charge in [0.05, 0.1) is 11.4 Å². The molecule has 0 atom stereocenters. The van der Waals surface area contributed by atoms with Gasteiger partial charge in [0.2, 0.25) is 15.9 Å². The third kappa shape index (κ3) is 5.80. The van der Waals surface area contributed by atoms with Crippen LogP contribution in [0.15, 0.2) is 48.5 Å². The molecule has 0 saturated heterocycles. The monoisotopic (exact) mass is 499 g/mol. The normalized spacial score (nSPS) is 11.5. The molecule has 0 spiro atoms. The zero-order valence-corrected chi connectivity index (χ0v) is 20.3. The summed E-state index contributed by atoms with van der Waals surface area (Å²) >= 11 is 0. The lowest BCUT2D eigenvalue weighted by molar-refractivity contribution is 0.459. The summed E-state index contributed by atoms with van der Waals surface area (Å²) in [7, 11) is -3.89. The minimum absolute atomic E-state index is 0.00250. The number of aryl methyl sites for hydroxylation is 2. The molecule has 0 aliphatic rings. The Bertz CT molecular complexity index is 1480. The number of hydrogen-bond acceptors (Lipinski definition) is 6. The van der Waals surface area contributed by atoms with Crippen molar-refractivity contribution < 1.29 is 21.9 Å². The second-order valence-corrected chi connectivity index (χ2v) is 9.81. The maximum absolute atomic E-state index is 13.4. The largest absolute Gasteiger partial charge is 0.439 e. The summed E-state index contributed by atoms with van der Waals surface area (Å²) in [5, 5.41) is 4.52. The highest BCUT2D eigenvalue weighted by molar-refractivity contribution is 7.91. The van der Waals surface area contributed by atoms with Crippen molar-refractivity contribution in [3.8, 4) is 17.4 Å². The number of nitrogens with one attached hydrogen (secondary N) is 1. The predicted molar refractivity (Wildman–Crippen MR) is 127 cm³/mol. The number of halogens is 2. The minimum Gasteiger partial charge on any atom is -0.439 e. The van der Waals surface area contributed by atoms with Gasteiger partial charge in [-0.05, 0) is 75.2 Å². The van der Waals surface area contributed by atoms with Crippen molar-refractivity contribution >= 4 is 15.7 Å². The molecule has 8 nitrogen and oxygen atoms in total. The molecular weight excluding hydrogens is 476 g/mol. The lowest BCUT2D eigenvalue weighted by Crippen LogP contribution is -2.15. The minimum atomic E-state index is -3.89. The van der Waals surface area contributed by atoms with E-state index in [1.807, 2.05) is 20.8 Å². The van der Waals surface area contributed by atoms with Crippen LogP contribution in [0.3, 0.4) is 0 Å². The van der Waals surface area contributed by atoms with Crippen molar-refractivity contribution in [1.29, 1.82) is 0 Å². The zero-order chi connectivity index (χ0) is 25.3. The lowest BCUT2D eigenvalue weighted by Gasteiger charge is -2.11. The van der Waals surface area contributed by atoms with Crippen LogP contribution in [-0.2, 0) is 15.8 Å². The van der Waals surface area contributed by atoms with Gasteiger partial charge in [0.1, 0.15) is 23.2 Å². The summed E-state index contributed by atoms with van der Waals surface area (Å²) in [6.07, 6.45) is 0. The SMILES string of the molecule is Cc1nc(Oc2ccc(NS(=O)(=O)Cc3cc(F)cc(F)c3)cc2)cc(-n2nc(C)c(C)c2C)n1. The first-order chi connectivity index (χ1) is 16.5. The van der Waals surface area contributed by atoms with Gasteiger partial charge in [0.15, 0.2) is 5.82 Å². The molecule has 0 radical (unpaired) electrons. The first kappa shape index (κ1) is 24.3. The fourth-order valence-electron chi connectivity index (χ4n) is 3.47. The van der Waals surface area contributed by atoms with E-state index in [2.05, 4.69) is 19.8 Å². The fourth-order valence-corrected chi connectivity index (χ4v) is 4.64. The van der Waals surface area contributed by atoms with Crippen molar-refractivity contribution in [1.82, 2.24) is 19.7 Å². The Morgan fingerprint density at radius 3 is 2.20 bits per heavy atom. The number of hydrogen-bond donors (Lipinski definition) is 1. The topological polar surface area (TPSA) is 99.0 Å². The summed E-state index contributed by atoms with van der Waals surface area (Å²) in [4.78, 5) is 8.76. The van der Waals surface area contributed by atoms with Crippen LogP contribution < -0.4 is 9.46 Å². The molecule has 2 heterocycles. The number of nitrogens with zero attached hydrogens (tertiary/aromatic N) is 4. The molecule has 4 rings (SSSR count). The molecule has 0 aliphatic carbocycles. The lowest BCUT2D eigenvalue weighted by atomic mass is 10.2. The molecule has 182 valence electrons. The molecule has 0 aliphatic heterocycles. The summed E-state index contributed by atoms with van der Waals surface area (Å²) in [6.45, 7) is 7.62. The summed E-state index contributed by atoms with van der Waals surface area (Å²) in [5.74, 6) is -0.455. The quantitative estimate of drug-likeness (QED) is 0.388. The van der Waals surface area contributed by atoms with Crippen molar-refractivity contribution in [2.75, 3.05) is 4.72 Å². The smallest absolute Gasteiger partial charge is 0.236 e. The van der Waals surface area contributed by atoms with Crippen LogP contribution in [0, 0.1) is 39.3 Å². The van der Waals surface area contributed by atoms with E-state index in [0.29, 0.717) is 29.3 Å². The molecule has 1 N–H and O–H groups in total. The van der Waals surface area contributed by atoms with E-state index in [1.54, 1.807) is 29.8 Å². The highest BCUT2D eigenvalue weighted by Crippen LogP contribution is 2.25. The Morgan fingerprint density at radius 1 is 0.943 bits per heavy atom. The standard InChI is InChI=1S/C24H23F2N5O3S/c1-14-15(2)29-31(16(14)3)23-12-24(28-17(4)27-23)34-22-7-5-21(6-8-22)30-35(32,33)13-18-9-19(25)11-20(26)10-18/h5-12,30H,13H2,1-4H3. The Balaban J connectivity index is 1.48. The van der Waals surface area contributed by atoms with E-state index < -0.39 is 27.4 Å². The Labute approximate surface area is 201 Å². The highest BCUT2D eigenvalue weighted by Gasteiger charge is 2.15. The first-order valence-corrected chi connectivity index (χ1v) is 12.3. The number of sulfonamides is 1. The molecule has 35 heavy (non-hydrogen) atoms. The third-order valence-corrected chi connectivity index (χ3v) is 6.56. The number of benzene rings is 2. The number of aromatic nitrogens is 4. The van der Waals surface area contributed by atoms with Crippen LogP contribution in [0.2, 0.25) is 0 Å². The average Bonchev–Trinajstić information content (AvgIpc) is 3.01. The summed E-state index contributed by atoms with van der Waals surface area (Å²) in [5.41, 5.74) is 3.21. The summed E-state index contributed by atoms with van der Waals surface area (Å²) < 4.78 is 61.5. The van der Waals surface area contributed by atoms with Gasteiger partial charge in [-0.25, -0.2) is 26.9 Å². The predicted octanol–water partition coefficient (Wildman–Crippen LogP) is 4.91. The molecule has 2 aromatic heterocycles. The maximum Gasteiger partial charge on any atom is 0.236 e. The highest BCUT2D eigenvalue weighted by atomic mass is 32.2. The van der Waals surface area contributed by atoms with Gasteiger partial charge < -0.3 is 4.74 Å². The molecular formula is C24H23F2N5O3S. The molecule has 11 heteroatoms. The first-order valence-electron chi connectivity index (χ1n) is 10.6. The van der Waals surface area contributed by atoms with Crippen LogP contribution >= 0.6 is 0 Å². The van der Waals surface area contributed by atoms with Gasteiger partial charge in [-0.2, -0.15) is 10.1 Å². The third-order valence-electron chi connectivity index (χ3n) is 5.30. The molecule has 0 unspecified atom stereocenters. The van der Waals surface area contributed by atoms with Crippen LogP contribution in [0.4, 0.5) is 14.5 Å². The van der Waals surface area contributed by atoms with Crippen molar-refractivity contribution in [3.05, 3.63) is 88.5 Å². The van der Waals surface area contributed by atoms with Gasteiger partial charge >= 0.3 is 0 Å². The van der Waals surface area contributed by atoms with Crippen LogP contribution in [0.25, 0.3) is 5.82 Å². The second-order valence-electron chi connectivity index (χ2n) is 8.08. The van der Waals surface area contributed by atoms with Gasteiger partial charge in [-0.1, -0.05) is 0 Å². The van der Waals surface area contributed by atoms with Crippen molar-refractivity contribution in [2.45, 2.75) is 33.4 Å². The molecule has 0 fully saturated rings. The van der Waals surface area contributed by atoms with Crippen LogP contribution in [0.1, 0.15) is 28.3 Å². The van der Waals surface area contributed by atoms with E-state index >= 15 is 0 Å². The van der Waals surface area contributed by atoms with Gasteiger partial charge in [0.25, 0.3) is 0 Å². The van der Waals surface area contributed by atoms with Gasteiger partial charge in [0, 0.05) is 23.5 Å². The van der Waals surface area contributed by atoms with E-state index in [-0.39, 0.29) is 11.3 Å². The zero-order valence-electron chi connectivity index (χ0n) is 19.5. The Kier molecular flexibility index (Phi) is 6.53. The molecule has 2 aromatic carbocycles. The fraction of sp³-hybridized carbons (Fsp3) is 0.208. The Hall–Kier alpha value is -3.86. The average molecular weight is 500 g/mol. The maximum atomic E-state index is 13.4. The van der Waals surface area contributed by atoms with Crippen LogP contribution in [0.5, 0.6) is 11.6 Å². The molecule has 0 saturated carbocycles. The number of anilines is 1. The van der Waals surface area contributed by atoms with E-state index in [0.717, 1.165) is 29.1 Å². The van der Waals surface area contributed by atoms with E-state index in [9.17, 15) is 17.2 Å². The van der Waals surface area contributed by atoms with E-state index in [1.165, 1.54) is 12.1 Å². The Morgan fingerprint density at radius 2 is 1.60 bits per heavy atom. The number of ether oxygens (including phenoxy) is 1. The molecule has 4 aromatic rings. The number of rotatable bonds is 7. The second kappa shape index (κ2) is 9.41. The molecule has 0 amide bonds. The van der Waals surface area contributed by atoms with Crippen LogP contribution in [-0.4, -0.2) is 28.2 Å². The van der Waals surface area contributed by atoms with Gasteiger partial charge in [-0.3, -0.25) is 4.72 Å². The van der Waals surface area contributed by atoms with Gasteiger partial charge in [-0.15, -0.1) is 0 Å². The van der Waals surface area contributed by atoms with Crippen molar-refractivity contribution in [3.63, 3.8) is 0 Å². The summed E-state index contributed by atoms with van der Waals surface area (Å²) in [6, 6.07) is 10.5.